The third-order valence-corrected chi connectivity index (χ3v) is 5.91. The van der Waals surface area contributed by atoms with Gasteiger partial charge in [-0.2, -0.15) is 0 Å². The van der Waals surface area contributed by atoms with Crippen molar-refractivity contribution in [3.05, 3.63) is 149 Å². The second-order valence-electron chi connectivity index (χ2n) is 8.08. The van der Waals surface area contributed by atoms with Crippen molar-refractivity contribution in [3.63, 3.8) is 0 Å². The number of benzene rings is 3. The molecule has 170 valence electrons. The lowest BCUT2D eigenvalue weighted by molar-refractivity contribution is -0.128. The lowest BCUT2D eigenvalue weighted by Crippen LogP contribution is -2.25. The van der Waals surface area contributed by atoms with Gasteiger partial charge in [0.15, 0.2) is 0 Å². The van der Waals surface area contributed by atoms with Crippen molar-refractivity contribution in [2.24, 2.45) is 0 Å². The Morgan fingerprint density at radius 1 is 0.853 bits per heavy atom. The van der Waals surface area contributed by atoms with Gasteiger partial charge in [0.1, 0.15) is 5.75 Å². The zero-order valence-electron chi connectivity index (χ0n) is 19.1. The molecule has 4 heteroatoms. The van der Waals surface area contributed by atoms with Gasteiger partial charge in [-0.3, -0.25) is 4.79 Å². The molecular formula is C30H27NO3. The number of aromatic nitrogens is 1. The summed E-state index contributed by atoms with van der Waals surface area (Å²) in [7, 11) is 0. The number of esters is 1. The van der Waals surface area contributed by atoms with Crippen LogP contribution in [0, 0.1) is 0 Å². The molecule has 4 nitrogen and oxygen atoms in total. The van der Waals surface area contributed by atoms with Crippen LogP contribution >= 0.6 is 0 Å². The van der Waals surface area contributed by atoms with Crippen molar-refractivity contribution in [1.29, 1.82) is 0 Å². The number of hydrogen-bond donors (Lipinski definition) is 0. The Balaban J connectivity index is 1.79. The first-order chi connectivity index (χ1) is 16.6. The Bertz CT molecular complexity index is 1290. The molecule has 0 amide bonds. The summed E-state index contributed by atoms with van der Waals surface area (Å²) in [5.41, 5.74) is 4.16. The molecule has 0 radical (unpaired) electrons. The monoisotopic (exact) mass is 449 g/mol. The molecule has 3 aromatic carbocycles. The highest BCUT2D eigenvalue weighted by Crippen LogP contribution is 2.32. The third kappa shape index (κ3) is 5.07. The molecule has 0 aliphatic heterocycles. The number of pyridine rings is 1. The fourth-order valence-corrected chi connectivity index (χ4v) is 4.34. The Morgan fingerprint density at radius 3 is 2.06 bits per heavy atom. The van der Waals surface area contributed by atoms with Gasteiger partial charge in [-0.05, 0) is 40.8 Å². The van der Waals surface area contributed by atoms with Crippen LogP contribution in [0.15, 0.2) is 121 Å². The molecule has 0 aliphatic carbocycles. The average molecular weight is 450 g/mol. The van der Waals surface area contributed by atoms with Gasteiger partial charge < -0.3 is 9.30 Å². The smallest absolute Gasteiger partial charge is 0.335 e. The first-order valence-corrected chi connectivity index (χ1v) is 11.4. The average Bonchev–Trinajstić information content (AvgIpc) is 2.88. The van der Waals surface area contributed by atoms with Gasteiger partial charge in [-0.15, -0.1) is 0 Å². The molecular weight excluding hydrogens is 422 g/mol. The highest BCUT2D eigenvalue weighted by atomic mass is 16.5. The molecule has 0 bridgehead atoms. The van der Waals surface area contributed by atoms with Crippen LogP contribution < -0.4 is 10.3 Å². The van der Waals surface area contributed by atoms with E-state index in [9.17, 15) is 9.59 Å². The van der Waals surface area contributed by atoms with Crippen LogP contribution in [0.4, 0.5) is 0 Å². The minimum atomic E-state index is -0.516. The number of ether oxygens (including phenoxy) is 1. The van der Waals surface area contributed by atoms with E-state index in [1.54, 1.807) is 22.8 Å². The number of nitrogens with zero attached hydrogens (tertiary/aromatic N) is 1. The standard InChI is InChI=1S/C30H27NO3/c1-3-27(24-16-11-17-26(20-24)34-29(33)4-2)31-21-25(18-19-28(31)32)30(22-12-7-5-8-13-22)23-14-9-6-10-15-23/h4-21,27,30H,2-3H2,1H3. The molecule has 4 rings (SSSR count). The maximum atomic E-state index is 13.0. The van der Waals surface area contributed by atoms with E-state index in [0.29, 0.717) is 12.2 Å². The molecule has 4 aromatic rings. The molecule has 1 aromatic heterocycles. The number of rotatable bonds is 8. The molecule has 0 spiro atoms. The van der Waals surface area contributed by atoms with E-state index in [1.165, 1.54) is 0 Å². The minimum absolute atomic E-state index is 0.00774. The first-order valence-electron chi connectivity index (χ1n) is 11.4. The molecule has 1 atom stereocenters. The second kappa shape index (κ2) is 10.6. The quantitative estimate of drug-likeness (QED) is 0.185. The van der Waals surface area contributed by atoms with E-state index in [4.69, 9.17) is 4.74 Å². The number of carbonyl (C=O) groups excluding carboxylic acids is 1. The predicted molar refractivity (Wildman–Crippen MR) is 135 cm³/mol. The van der Waals surface area contributed by atoms with Gasteiger partial charge >= 0.3 is 5.97 Å². The Kier molecular flexibility index (Phi) is 7.19. The SMILES string of the molecule is C=CC(=O)Oc1cccc(C(CC)n2cc(C(c3ccccc3)c3ccccc3)ccc2=O)c1. The van der Waals surface area contributed by atoms with Crippen LogP contribution in [0.5, 0.6) is 5.75 Å². The lowest BCUT2D eigenvalue weighted by atomic mass is 9.86. The van der Waals surface area contributed by atoms with Crippen molar-refractivity contribution < 1.29 is 9.53 Å². The van der Waals surface area contributed by atoms with Gasteiger partial charge in [0.2, 0.25) is 0 Å². The van der Waals surface area contributed by atoms with Crippen molar-refractivity contribution in [2.75, 3.05) is 0 Å². The third-order valence-electron chi connectivity index (χ3n) is 5.91. The summed E-state index contributed by atoms with van der Waals surface area (Å²) < 4.78 is 7.08. The van der Waals surface area contributed by atoms with Crippen LogP contribution in [-0.2, 0) is 4.79 Å². The van der Waals surface area contributed by atoms with E-state index in [1.807, 2.05) is 67.7 Å². The van der Waals surface area contributed by atoms with Crippen LogP contribution in [0.1, 0.15) is 47.6 Å². The molecule has 0 fully saturated rings. The van der Waals surface area contributed by atoms with Crippen molar-refractivity contribution in [1.82, 2.24) is 4.57 Å². The predicted octanol–water partition coefficient (Wildman–Crippen LogP) is 6.12. The Hall–Kier alpha value is -4.18. The van der Waals surface area contributed by atoms with Crippen LogP contribution in [0.2, 0.25) is 0 Å². The zero-order chi connectivity index (χ0) is 23.9. The van der Waals surface area contributed by atoms with E-state index in [-0.39, 0.29) is 17.5 Å². The molecule has 0 aliphatic rings. The summed E-state index contributed by atoms with van der Waals surface area (Å²) >= 11 is 0. The van der Waals surface area contributed by atoms with Gasteiger partial charge in [0.25, 0.3) is 5.56 Å². The molecule has 0 saturated carbocycles. The Labute approximate surface area is 199 Å². The topological polar surface area (TPSA) is 48.3 Å². The van der Waals surface area contributed by atoms with Crippen molar-refractivity contribution in [2.45, 2.75) is 25.3 Å². The molecule has 0 N–H and O–H groups in total. The van der Waals surface area contributed by atoms with E-state index in [0.717, 1.165) is 28.3 Å². The molecule has 1 unspecified atom stereocenters. The second-order valence-corrected chi connectivity index (χ2v) is 8.08. The summed E-state index contributed by atoms with van der Waals surface area (Å²) in [5.74, 6) is -0.0962. The maximum Gasteiger partial charge on any atom is 0.335 e. The Morgan fingerprint density at radius 2 is 1.47 bits per heavy atom. The summed E-state index contributed by atoms with van der Waals surface area (Å²) in [5, 5.41) is 0. The summed E-state index contributed by atoms with van der Waals surface area (Å²) in [4.78, 5) is 24.7. The van der Waals surface area contributed by atoms with Crippen LogP contribution in [-0.4, -0.2) is 10.5 Å². The van der Waals surface area contributed by atoms with Crippen LogP contribution in [0.25, 0.3) is 0 Å². The van der Waals surface area contributed by atoms with Gasteiger partial charge in [-0.1, -0.05) is 92.4 Å². The van der Waals surface area contributed by atoms with E-state index < -0.39 is 5.97 Å². The van der Waals surface area contributed by atoms with Gasteiger partial charge in [-0.25, -0.2) is 4.79 Å². The van der Waals surface area contributed by atoms with Gasteiger partial charge in [0.05, 0.1) is 6.04 Å². The van der Waals surface area contributed by atoms with Crippen molar-refractivity contribution >= 4 is 5.97 Å². The largest absolute Gasteiger partial charge is 0.423 e. The lowest BCUT2D eigenvalue weighted by Gasteiger charge is -2.23. The zero-order valence-corrected chi connectivity index (χ0v) is 19.1. The van der Waals surface area contributed by atoms with Gasteiger partial charge in [0, 0.05) is 24.3 Å². The molecule has 0 saturated heterocycles. The van der Waals surface area contributed by atoms with Crippen LogP contribution in [0.3, 0.4) is 0 Å². The maximum absolute atomic E-state index is 13.0. The molecule has 1 heterocycles. The normalized spacial score (nSPS) is 11.7. The minimum Gasteiger partial charge on any atom is -0.423 e. The summed E-state index contributed by atoms with van der Waals surface area (Å²) in [6, 6.07) is 31.2. The fourth-order valence-electron chi connectivity index (χ4n) is 4.34. The number of carbonyl (C=O) groups is 1. The highest BCUT2D eigenvalue weighted by Gasteiger charge is 2.20. The van der Waals surface area contributed by atoms with E-state index in [2.05, 4.69) is 30.8 Å². The van der Waals surface area contributed by atoms with E-state index >= 15 is 0 Å². The fraction of sp³-hybridized carbons (Fsp3) is 0.133. The molecule has 34 heavy (non-hydrogen) atoms. The summed E-state index contributed by atoms with van der Waals surface area (Å²) in [6.07, 6.45) is 3.79. The van der Waals surface area contributed by atoms with Crippen molar-refractivity contribution in [3.8, 4) is 5.75 Å². The summed E-state index contributed by atoms with van der Waals surface area (Å²) in [6.45, 7) is 5.49. The number of hydrogen-bond acceptors (Lipinski definition) is 3. The first kappa shape index (κ1) is 23.0. The highest BCUT2D eigenvalue weighted by molar-refractivity contribution is 5.83.